The van der Waals surface area contributed by atoms with Crippen LogP contribution in [0, 0.1) is 0 Å². The Bertz CT molecular complexity index is 237. The third kappa shape index (κ3) is 3.51. The van der Waals surface area contributed by atoms with Gasteiger partial charge in [0.15, 0.2) is 6.66 Å². The highest BCUT2D eigenvalue weighted by atomic mass is 32.2. The summed E-state index contributed by atoms with van der Waals surface area (Å²) in [6.45, 7) is 1.53. The van der Waals surface area contributed by atoms with Gasteiger partial charge in [0.2, 0.25) is 0 Å². The van der Waals surface area contributed by atoms with Crippen LogP contribution in [-0.2, 0) is 8.54 Å². The van der Waals surface area contributed by atoms with Crippen molar-refractivity contribution in [2.45, 2.75) is 4.90 Å². The highest BCUT2D eigenvalue weighted by Crippen LogP contribution is 2.29. The van der Waals surface area contributed by atoms with Gasteiger partial charge in [0.25, 0.3) is 0 Å². The lowest BCUT2D eigenvalue weighted by Gasteiger charge is -1.89. The summed E-state index contributed by atoms with van der Waals surface area (Å²) in [6.07, 6.45) is 0. The van der Waals surface area contributed by atoms with Crippen LogP contribution in [0.15, 0.2) is 35.2 Å². The minimum atomic E-state index is -1.51. The van der Waals surface area contributed by atoms with Crippen molar-refractivity contribution in [1.29, 1.82) is 0 Å². The fraction of sp³-hybridized carbons (Fsp3) is 0.143. The van der Waals surface area contributed by atoms with Crippen LogP contribution in [0.5, 0.6) is 0 Å². The number of hydrogen-bond donors (Lipinski definition) is 0. The monoisotopic (exact) mass is 187 g/mol. The molecule has 1 aromatic rings. The van der Waals surface area contributed by atoms with Gasteiger partial charge in [-0.15, -0.1) is 0 Å². The molecule has 0 aromatic heterocycles. The van der Waals surface area contributed by atoms with Crippen molar-refractivity contribution in [3.63, 3.8) is 0 Å². The van der Waals surface area contributed by atoms with E-state index in [2.05, 4.69) is 0 Å². The third-order valence-corrected chi connectivity index (χ3v) is 2.58. The van der Waals surface area contributed by atoms with Gasteiger partial charge in [-0.1, -0.05) is 22.2 Å². The molecule has 4 heteroatoms. The fourth-order valence-electron chi connectivity index (χ4n) is 0.572. The second kappa shape index (κ2) is 4.50. The smallest absolute Gasteiger partial charge is 0.0670 e. The Morgan fingerprint density at radius 3 is 2.55 bits per heavy atom. The molecule has 0 spiro atoms. The van der Waals surface area contributed by atoms with Gasteiger partial charge >= 0.3 is 8.03 Å². The van der Waals surface area contributed by atoms with Crippen molar-refractivity contribution in [2.24, 2.45) is 0 Å². The summed E-state index contributed by atoms with van der Waals surface area (Å²) in [5.41, 5.74) is 0. The Morgan fingerprint density at radius 2 is 2.00 bits per heavy atom. The van der Waals surface area contributed by atoms with E-state index in [9.17, 15) is 4.57 Å². The van der Waals surface area contributed by atoms with Crippen molar-refractivity contribution in [2.75, 3.05) is 6.66 Å². The highest BCUT2D eigenvalue weighted by molar-refractivity contribution is 7.97. The van der Waals surface area contributed by atoms with Crippen LogP contribution in [0.2, 0.25) is 0 Å². The minimum absolute atomic E-state index is 0.970. The Labute approximate surface area is 71.0 Å². The third-order valence-electron chi connectivity index (χ3n) is 0.982. The lowest BCUT2D eigenvalue weighted by Crippen LogP contribution is -1.67. The predicted molar refractivity (Wildman–Crippen MR) is 46.9 cm³/mol. The second-order valence-electron chi connectivity index (χ2n) is 1.91. The molecule has 0 radical (unpaired) electrons. The van der Waals surface area contributed by atoms with E-state index in [4.69, 9.17) is 3.97 Å². The zero-order chi connectivity index (χ0) is 8.10. The highest BCUT2D eigenvalue weighted by Gasteiger charge is 2.07. The van der Waals surface area contributed by atoms with Crippen LogP contribution in [0.3, 0.4) is 0 Å². The number of rotatable bonds is 3. The van der Waals surface area contributed by atoms with Crippen LogP contribution in [0.25, 0.3) is 0 Å². The SMILES string of the molecule is C[P+](=O)OSc1ccccc1. The van der Waals surface area contributed by atoms with Crippen molar-refractivity contribution < 1.29 is 8.54 Å². The molecular weight excluding hydrogens is 179 g/mol. The van der Waals surface area contributed by atoms with Crippen LogP contribution < -0.4 is 0 Å². The molecule has 1 unspecified atom stereocenters. The van der Waals surface area contributed by atoms with Crippen molar-refractivity contribution in [3.05, 3.63) is 30.3 Å². The Hall–Kier alpha value is -0.370. The maximum Gasteiger partial charge on any atom is 0.517 e. The van der Waals surface area contributed by atoms with Gasteiger partial charge in [0, 0.05) is 4.90 Å². The number of hydrogen-bond acceptors (Lipinski definition) is 3. The topological polar surface area (TPSA) is 26.3 Å². The predicted octanol–water partition coefficient (Wildman–Crippen LogP) is 3.08. The Morgan fingerprint density at radius 1 is 1.36 bits per heavy atom. The van der Waals surface area contributed by atoms with Gasteiger partial charge in [0.1, 0.15) is 0 Å². The molecule has 0 bridgehead atoms. The van der Waals surface area contributed by atoms with E-state index < -0.39 is 8.03 Å². The first-order valence-corrected chi connectivity index (χ1v) is 5.46. The molecule has 0 heterocycles. The molecule has 0 amide bonds. The lowest BCUT2D eigenvalue weighted by atomic mass is 10.4. The molecule has 58 valence electrons. The van der Waals surface area contributed by atoms with Crippen LogP contribution in [0.1, 0.15) is 0 Å². The summed E-state index contributed by atoms with van der Waals surface area (Å²) in [5.74, 6) is 0. The van der Waals surface area contributed by atoms with E-state index >= 15 is 0 Å². The van der Waals surface area contributed by atoms with Crippen LogP contribution in [-0.4, -0.2) is 6.66 Å². The first-order valence-electron chi connectivity index (χ1n) is 3.09. The molecule has 0 aliphatic carbocycles. The van der Waals surface area contributed by atoms with Gasteiger partial charge in [0.05, 0.1) is 12.0 Å². The molecule has 0 saturated carbocycles. The van der Waals surface area contributed by atoms with Gasteiger partial charge < -0.3 is 0 Å². The summed E-state index contributed by atoms with van der Waals surface area (Å²) in [5, 5.41) is 0. The van der Waals surface area contributed by atoms with E-state index in [0.717, 1.165) is 16.9 Å². The first-order chi connectivity index (χ1) is 5.29. The standard InChI is InChI=1S/C7H8O2PS/c1-10(8)9-11-7-5-3-2-4-6-7/h2-6H,1H3/q+1. The first kappa shape index (κ1) is 8.72. The molecule has 0 aliphatic heterocycles. The summed E-state index contributed by atoms with van der Waals surface area (Å²) in [4.78, 5) is 0.970. The molecule has 2 nitrogen and oxygen atoms in total. The minimum Gasteiger partial charge on any atom is -0.0670 e. The molecule has 1 atom stereocenters. The molecule has 0 N–H and O–H groups in total. The Kier molecular flexibility index (Phi) is 3.57. The number of benzene rings is 1. The molecular formula is C7H8O2PS+. The zero-order valence-electron chi connectivity index (χ0n) is 6.06. The summed E-state index contributed by atoms with van der Waals surface area (Å²) in [6, 6.07) is 9.56. The molecule has 1 rings (SSSR count). The molecule has 0 saturated heterocycles. The molecule has 0 fully saturated rings. The summed E-state index contributed by atoms with van der Waals surface area (Å²) >= 11 is 1.14. The van der Waals surface area contributed by atoms with Gasteiger partial charge in [-0.2, -0.15) is 0 Å². The van der Waals surface area contributed by atoms with Crippen molar-refractivity contribution >= 4 is 20.1 Å². The maximum atomic E-state index is 10.5. The van der Waals surface area contributed by atoms with E-state index in [0.29, 0.717) is 0 Å². The van der Waals surface area contributed by atoms with Gasteiger partial charge in [-0.25, -0.2) is 0 Å². The van der Waals surface area contributed by atoms with Gasteiger partial charge in [-0.05, 0) is 16.7 Å². The molecule has 0 aliphatic rings. The average molecular weight is 187 g/mol. The van der Waals surface area contributed by atoms with E-state index in [1.807, 2.05) is 30.3 Å². The maximum absolute atomic E-state index is 10.5. The quantitative estimate of drug-likeness (QED) is 0.537. The van der Waals surface area contributed by atoms with E-state index in [-0.39, 0.29) is 0 Å². The van der Waals surface area contributed by atoms with E-state index in [1.165, 1.54) is 6.66 Å². The lowest BCUT2D eigenvalue weighted by molar-refractivity contribution is 0.539. The Balaban J connectivity index is 2.45. The largest absolute Gasteiger partial charge is 0.517 e. The van der Waals surface area contributed by atoms with E-state index in [1.54, 1.807) is 0 Å². The summed E-state index contributed by atoms with van der Waals surface area (Å²) in [7, 11) is -1.51. The van der Waals surface area contributed by atoms with Crippen LogP contribution >= 0.6 is 20.1 Å². The van der Waals surface area contributed by atoms with Crippen molar-refractivity contribution in [1.82, 2.24) is 0 Å². The molecule has 11 heavy (non-hydrogen) atoms. The summed E-state index contributed by atoms with van der Waals surface area (Å²) < 4.78 is 15.4. The van der Waals surface area contributed by atoms with Crippen molar-refractivity contribution in [3.8, 4) is 0 Å². The zero-order valence-corrected chi connectivity index (χ0v) is 7.77. The fourth-order valence-corrected chi connectivity index (χ4v) is 1.60. The van der Waals surface area contributed by atoms with Gasteiger partial charge in [-0.3, -0.25) is 0 Å². The second-order valence-corrected chi connectivity index (χ2v) is 4.02. The normalized spacial score (nSPS) is 11.2. The average Bonchev–Trinajstić information content (AvgIpc) is 2.03. The molecule has 1 aromatic carbocycles. The van der Waals surface area contributed by atoms with Crippen LogP contribution in [0.4, 0.5) is 0 Å².